The van der Waals surface area contributed by atoms with Crippen LogP contribution in [0.25, 0.3) is 0 Å². The second-order valence-electron chi connectivity index (χ2n) is 5.20. The normalized spacial score (nSPS) is 12.3. The van der Waals surface area contributed by atoms with Gasteiger partial charge in [0.2, 0.25) is 0 Å². The predicted molar refractivity (Wildman–Crippen MR) is 92.3 cm³/mol. The minimum absolute atomic E-state index is 0.754. The van der Waals surface area contributed by atoms with Crippen LogP contribution >= 0.6 is 0 Å². The Bertz CT molecular complexity index is 902. The lowest BCUT2D eigenvalue weighted by molar-refractivity contribution is 0.414. The summed E-state index contributed by atoms with van der Waals surface area (Å²) in [5, 5.41) is 3.37. The van der Waals surface area contributed by atoms with Gasteiger partial charge in [-0.1, -0.05) is 30.3 Å². The van der Waals surface area contributed by atoms with E-state index in [1.807, 2.05) is 54.6 Å². The minimum atomic E-state index is 0.754. The van der Waals surface area contributed by atoms with Crippen molar-refractivity contribution in [2.45, 2.75) is 0 Å². The Hall–Kier alpha value is -3.14. The molecule has 0 atom stereocenters. The van der Waals surface area contributed by atoms with Crippen LogP contribution < -0.4 is 10.1 Å². The maximum Gasteiger partial charge on any atom is 0.156 e. The van der Waals surface area contributed by atoms with Crippen LogP contribution in [0.4, 0.5) is 17.2 Å². The number of ether oxygens (including phenoxy) is 1. The quantitative estimate of drug-likeness (QED) is 0.600. The summed E-state index contributed by atoms with van der Waals surface area (Å²) >= 11 is 0. The van der Waals surface area contributed by atoms with Crippen molar-refractivity contribution >= 4 is 22.9 Å². The third-order valence-corrected chi connectivity index (χ3v) is 3.82. The predicted octanol–water partition coefficient (Wildman–Crippen LogP) is 4.32. The van der Waals surface area contributed by atoms with Gasteiger partial charge in [-0.3, -0.25) is 0 Å². The molecular formula is C19H15N3O. The average molecular weight is 301 g/mol. The molecule has 1 aliphatic rings. The molecule has 0 saturated carbocycles. The molecule has 0 spiro atoms. The molecule has 2 aromatic carbocycles. The number of benzene rings is 2. The Morgan fingerprint density at radius 2 is 1.65 bits per heavy atom. The topological polar surface area (TPSA) is 46.5 Å². The van der Waals surface area contributed by atoms with Crippen molar-refractivity contribution in [3.05, 3.63) is 78.0 Å². The zero-order chi connectivity index (χ0) is 15.6. The van der Waals surface area contributed by atoms with Gasteiger partial charge in [0.25, 0.3) is 0 Å². The van der Waals surface area contributed by atoms with Gasteiger partial charge in [-0.05, 0) is 30.3 Å². The van der Waals surface area contributed by atoms with Gasteiger partial charge in [-0.15, -0.1) is 0 Å². The zero-order valence-electron chi connectivity index (χ0n) is 12.7. The highest BCUT2D eigenvalue weighted by atomic mass is 16.5. The van der Waals surface area contributed by atoms with Gasteiger partial charge in [0.1, 0.15) is 11.4 Å². The Balaban J connectivity index is 2.01. The number of methoxy groups -OCH3 is 1. The first-order valence-electron chi connectivity index (χ1n) is 7.40. The standard InChI is InChI=1S/C19H15N3O/c1-23-17-11-5-3-8-14(17)18-13-7-2-4-9-15(13)22-19-16(21-18)10-6-12-20-19/h2-12H,1H3,(H,20,22). The van der Waals surface area contributed by atoms with E-state index in [-0.39, 0.29) is 0 Å². The first-order chi connectivity index (χ1) is 11.4. The third kappa shape index (κ3) is 2.34. The number of para-hydroxylation sites is 2. The van der Waals surface area contributed by atoms with Crippen LogP contribution in [-0.4, -0.2) is 17.8 Å². The van der Waals surface area contributed by atoms with E-state index in [9.17, 15) is 0 Å². The molecule has 1 N–H and O–H groups in total. The van der Waals surface area contributed by atoms with E-state index in [0.717, 1.165) is 39.8 Å². The number of aromatic nitrogens is 1. The maximum atomic E-state index is 5.53. The molecule has 4 nitrogen and oxygen atoms in total. The Morgan fingerprint density at radius 1 is 0.870 bits per heavy atom. The highest BCUT2D eigenvalue weighted by Gasteiger charge is 2.20. The monoisotopic (exact) mass is 301 g/mol. The number of rotatable bonds is 2. The lowest BCUT2D eigenvalue weighted by Gasteiger charge is -2.12. The SMILES string of the molecule is COc1ccccc1C1=Nc2cccnc2Nc2ccccc21. The zero-order valence-corrected chi connectivity index (χ0v) is 12.7. The Labute approximate surface area is 134 Å². The lowest BCUT2D eigenvalue weighted by atomic mass is 10.00. The number of hydrogen-bond donors (Lipinski definition) is 1. The maximum absolute atomic E-state index is 5.53. The van der Waals surface area contributed by atoms with Crippen molar-refractivity contribution in [3.8, 4) is 5.75 Å². The molecule has 23 heavy (non-hydrogen) atoms. The molecule has 0 amide bonds. The fourth-order valence-corrected chi connectivity index (χ4v) is 2.74. The summed E-state index contributed by atoms with van der Waals surface area (Å²) in [7, 11) is 1.68. The van der Waals surface area contributed by atoms with Gasteiger partial charge >= 0.3 is 0 Å². The molecule has 2 heterocycles. The molecule has 4 rings (SSSR count). The van der Waals surface area contributed by atoms with Crippen LogP contribution in [0.5, 0.6) is 5.75 Å². The molecule has 0 bridgehead atoms. The van der Waals surface area contributed by atoms with E-state index in [4.69, 9.17) is 9.73 Å². The van der Waals surface area contributed by atoms with Crippen molar-refractivity contribution in [1.82, 2.24) is 4.98 Å². The number of nitrogens with zero attached hydrogens (tertiary/aromatic N) is 2. The van der Waals surface area contributed by atoms with E-state index in [1.165, 1.54) is 0 Å². The second kappa shape index (κ2) is 5.57. The number of anilines is 2. The average Bonchev–Trinajstić information content (AvgIpc) is 2.78. The molecule has 3 aromatic rings. The highest BCUT2D eigenvalue weighted by molar-refractivity contribution is 6.19. The van der Waals surface area contributed by atoms with Crippen LogP contribution in [0.3, 0.4) is 0 Å². The Kier molecular flexibility index (Phi) is 3.27. The molecule has 0 unspecified atom stereocenters. The molecule has 0 fully saturated rings. The number of nitrogens with one attached hydrogen (secondary N) is 1. The lowest BCUT2D eigenvalue weighted by Crippen LogP contribution is -2.06. The van der Waals surface area contributed by atoms with Crippen molar-refractivity contribution in [3.63, 3.8) is 0 Å². The Morgan fingerprint density at radius 3 is 2.52 bits per heavy atom. The minimum Gasteiger partial charge on any atom is -0.496 e. The van der Waals surface area contributed by atoms with Gasteiger partial charge in [0.15, 0.2) is 5.82 Å². The van der Waals surface area contributed by atoms with Gasteiger partial charge in [-0.2, -0.15) is 0 Å². The van der Waals surface area contributed by atoms with E-state index in [1.54, 1.807) is 13.3 Å². The van der Waals surface area contributed by atoms with E-state index in [0.29, 0.717) is 0 Å². The highest BCUT2D eigenvalue weighted by Crippen LogP contribution is 2.35. The van der Waals surface area contributed by atoms with E-state index < -0.39 is 0 Å². The molecule has 4 heteroatoms. The fourth-order valence-electron chi connectivity index (χ4n) is 2.74. The van der Waals surface area contributed by atoms with Crippen LogP contribution in [0.15, 0.2) is 71.9 Å². The van der Waals surface area contributed by atoms with Crippen molar-refractivity contribution < 1.29 is 4.74 Å². The van der Waals surface area contributed by atoms with Crippen LogP contribution in [0.1, 0.15) is 11.1 Å². The fraction of sp³-hybridized carbons (Fsp3) is 0.0526. The van der Waals surface area contributed by atoms with Gasteiger partial charge in [0.05, 0.1) is 12.8 Å². The van der Waals surface area contributed by atoms with E-state index >= 15 is 0 Å². The molecule has 0 radical (unpaired) electrons. The molecular weight excluding hydrogens is 286 g/mol. The molecule has 1 aromatic heterocycles. The van der Waals surface area contributed by atoms with Crippen LogP contribution in [0.2, 0.25) is 0 Å². The first kappa shape index (κ1) is 13.5. The summed E-state index contributed by atoms with van der Waals surface area (Å²) in [4.78, 5) is 9.27. The molecule has 0 aliphatic carbocycles. The first-order valence-corrected chi connectivity index (χ1v) is 7.40. The van der Waals surface area contributed by atoms with Gasteiger partial charge in [-0.25, -0.2) is 9.98 Å². The molecule has 112 valence electrons. The number of hydrogen-bond acceptors (Lipinski definition) is 4. The molecule has 1 aliphatic heterocycles. The summed E-state index contributed by atoms with van der Waals surface area (Å²) in [6, 6.07) is 19.9. The summed E-state index contributed by atoms with van der Waals surface area (Å²) < 4.78 is 5.53. The largest absolute Gasteiger partial charge is 0.496 e. The summed E-state index contributed by atoms with van der Waals surface area (Å²) in [5.74, 6) is 1.55. The summed E-state index contributed by atoms with van der Waals surface area (Å²) in [5.41, 5.74) is 4.65. The van der Waals surface area contributed by atoms with Crippen LogP contribution in [0, 0.1) is 0 Å². The summed E-state index contributed by atoms with van der Waals surface area (Å²) in [6.45, 7) is 0. The van der Waals surface area contributed by atoms with E-state index in [2.05, 4.69) is 16.4 Å². The van der Waals surface area contributed by atoms with Crippen molar-refractivity contribution in [2.24, 2.45) is 4.99 Å². The summed E-state index contributed by atoms with van der Waals surface area (Å²) in [6.07, 6.45) is 1.76. The van der Waals surface area contributed by atoms with Crippen molar-refractivity contribution in [1.29, 1.82) is 0 Å². The van der Waals surface area contributed by atoms with Crippen LogP contribution in [-0.2, 0) is 0 Å². The second-order valence-corrected chi connectivity index (χ2v) is 5.20. The van der Waals surface area contributed by atoms with Crippen molar-refractivity contribution in [2.75, 3.05) is 12.4 Å². The third-order valence-electron chi connectivity index (χ3n) is 3.82. The molecule has 0 saturated heterocycles. The number of fused-ring (bicyclic) bond motifs is 2. The van der Waals surface area contributed by atoms with Gasteiger partial charge in [0, 0.05) is 23.0 Å². The number of pyridine rings is 1. The smallest absolute Gasteiger partial charge is 0.156 e. The number of aliphatic imine (C=N–C) groups is 1. The van der Waals surface area contributed by atoms with Gasteiger partial charge < -0.3 is 10.1 Å².